The molecule has 1 heterocycles. The molecule has 0 radical (unpaired) electrons. The molecule has 1 atom stereocenters. The monoisotopic (exact) mass is 325 g/mol. The lowest BCUT2D eigenvalue weighted by molar-refractivity contribution is -0.138. The van der Waals surface area contributed by atoms with Gasteiger partial charge in [-0.2, -0.15) is 13.2 Å². The standard InChI is InChI=1S/C11H11BrF3NO2/c12-7-3-6(8(16)5-11(13,14)15)4-9-10(7)18-2-1-17-9/h3-4,8H,1-2,5,16H2/t8-/m1/s1. The van der Waals surface area contributed by atoms with Gasteiger partial charge in [0.25, 0.3) is 0 Å². The summed E-state index contributed by atoms with van der Waals surface area (Å²) in [7, 11) is 0. The van der Waals surface area contributed by atoms with E-state index in [2.05, 4.69) is 15.9 Å². The molecule has 0 amide bonds. The van der Waals surface area contributed by atoms with Gasteiger partial charge in [0.15, 0.2) is 11.5 Å². The minimum atomic E-state index is -4.29. The Morgan fingerprint density at radius 1 is 1.28 bits per heavy atom. The molecule has 2 rings (SSSR count). The molecular weight excluding hydrogens is 315 g/mol. The molecule has 1 aliphatic heterocycles. The van der Waals surface area contributed by atoms with Gasteiger partial charge in [-0.25, -0.2) is 0 Å². The molecule has 0 fully saturated rings. The van der Waals surface area contributed by atoms with Gasteiger partial charge in [-0.1, -0.05) is 0 Å². The number of hydrogen-bond donors (Lipinski definition) is 1. The van der Waals surface area contributed by atoms with Crippen molar-refractivity contribution >= 4 is 15.9 Å². The van der Waals surface area contributed by atoms with E-state index in [4.69, 9.17) is 15.2 Å². The van der Waals surface area contributed by atoms with Gasteiger partial charge in [0, 0.05) is 6.04 Å². The lowest BCUT2D eigenvalue weighted by Crippen LogP contribution is -2.21. The van der Waals surface area contributed by atoms with Crippen molar-refractivity contribution in [2.45, 2.75) is 18.6 Å². The number of benzene rings is 1. The zero-order chi connectivity index (χ0) is 13.3. The second kappa shape index (κ2) is 4.97. The minimum Gasteiger partial charge on any atom is -0.486 e. The smallest absolute Gasteiger partial charge is 0.390 e. The summed E-state index contributed by atoms with van der Waals surface area (Å²) in [4.78, 5) is 0. The highest BCUT2D eigenvalue weighted by Gasteiger charge is 2.31. The minimum absolute atomic E-state index is 0.364. The molecule has 7 heteroatoms. The molecule has 0 aromatic heterocycles. The summed E-state index contributed by atoms with van der Waals surface area (Å²) < 4.78 is 48.1. The molecule has 0 saturated heterocycles. The molecule has 0 spiro atoms. The van der Waals surface area contributed by atoms with Crippen LogP contribution in [0.2, 0.25) is 0 Å². The van der Waals surface area contributed by atoms with Crippen LogP contribution in [-0.2, 0) is 0 Å². The Morgan fingerprint density at radius 3 is 2.61 bits per heavy atom. The number of fused-ring (bicyclic) bond motifs is 1. The Kier molecular flexibility index (Phi) is 3.72. The van der Waals surface area contributed by atoms with Crippen LogP contribution in [0.15, 0.2) is 16.6 Å². The fourth-order valence-corrected chi connectivity index (χ4v) is 2.29. The Hall–Kier alpha value is -0.950. The summed E-state index contributed by atoms with van der Waals surface area (Å²) in [5.41, 5.74) is 5.91. The molecule has 1 aliphatic rings. The summed E-state index contributed by atoms with van der Waals surface area (Å²) in [5, 5.41) is 0. The average molecular weight is 326 g/mol. The van der Waals surface area contributed by atoms with Crippen LogP contribution in [0.1, 0.15) is 18.0 Å². The van der Waals surface area contributed by atoms with Crippen molar-refractivity contribution in [1.82, 2.24) is 0 Å². The fraction of sp³-hybridized carbons (Fsp3) is 0.455. The SMILES string of the molecule is N[C@H](CC(F)(F)F)c1cc(Br)c2c(c1)OCCO2. The van der Waals surface area contributed by atoms with Crippen LogP contribution in [-0.4, -0.2) is 19.4 Å². The van der Waals surface area contributed by atoms with Crippen LogP contribution in [0.5, 0.6) is 11.5 Å². The Balaban J connectivity index is 2.26. The maximum atomic E-state index is 12.3. The normalized spacial score (nSPS) is 16.5. The second-order valence-electron chi connectivity index (χ2n) is 3.95. The summed E-state index contributed by atoms with van der Waals surface area (Å²) in [6.07, 6.45) is -5.36. The van der Waals surface area contributed by atoms with Gasteiger partial charge >= 0.3 is 6.18 Å². The van der Waals surface area contributed by atoms with Crippen molar-refractivity contribution in [3.8, 4) is 11.5 Å². The highest BCUT2D eigenvalue weighted by molar-refractivity contribution is 9.10. The van der Waals surface area contributed by atoms with Crippen LogP contribution >= 0.6 is 15.9 Å². The number of rotatable bonds is 2. The van der Waals surface area contributed by atoms with Crippen LogP contribution in [0.25, 0.3) is 0 Å². The Labute approximate surface area is 110 Å². The first kappa shape index (κ1) is 13.5. The van der Waals surface area contributed by atoms with E-state index in [0.717, 1.165) is 0 Å². The van der Waals surface area contributed by atoms with Crippen LogP contribution in [0.3, 0.4) is 0 Å². The average Bonchev–Trinajstić information content (AvgIpc) is 2.26. The van der Waals surface area contributed by atoms with E-state index in [0.29, 0.717) is 34.7 Å². The number of alkyl halides is 3. The fourth-order valence-electron chi connectivity index (χ4n) is 1.71. The number of hydrogen-bond acceptors (Lipinski definition) is 3. The van der Waals surface area contributed by atoms with Gasteiger partial charge in [0.1, 0.15) is 13.2 Å². The van der Waals surface area contributed by atoms with Crippen molar-refractivity contribution in [3.05, 3.63) is 22.2 Å². The molecule has 1 aromatic carbocycles. The molecule has 0 bridgehead atoms. The first-order valence-electron chi connectivity index (χ1n) is 5.28. The van der Waals surface area contributed by atoms with E-state index in [1.165, 1.54) is 12.1 Å². The summed E-state index contributed by atoms with van der Waals surface area (Å²) in [6.45, 7) is 0.789. The maximum absolute atomic E-state index is 12.3. The molecule has 18 heavy (non-hydrogen) atoms. The van der Waals surface area contributed by atoms with Gasteiger partial charge in [-0.15, -0.1) is 0 Å². The third-order valence-electron chi connectivity index (χ3n) is 2.50. The topological polar surface area (TPSA) is 44.5 Å². The van der Waals surface area contributed by atoms with Gasteiger partial charge in [-0.3, -0.25) is 0 Å². The first-order valence-corrected chi connectivity index (χ1v) is 6.07. The number of nitrogens with two attached hydrogens (primary N) is 1. The van der Waals surface area contributed by atoms with Crippen LogP contribution < -0.4 is 15.2 Å². The molecule has 0 aliphatic carbocycles. The summed E-state index contributed by atoms with van der Waals surface area (Å²) in [5.74, 6) is 0.924. The van der Waals surface area contributed by atoms with Crippen molar-refractivity contribution < 1.29 is 22.6 Å². The molecule has 0 unspecified atom stereocenters. The molecule has 100 valence electrons. The predicted octanol–water partition coefficient (Wildman–Crippen LogP) is 3.17. The van der Waals surface area contributed by atoms with E-state index in [1.807, 2.05) is 0 Å². The third kappa shape index (κ3) is 3.08. The van der Waals surface area contributed by atoms with Gasteiger partial charge in [0.2, 0.25) is 0 Å². The number of ether oxygens (including phenoxy) is 2. The van der Waals surface area contributed by atoms with Gasteiger partial charge < -0.3 is 15.2 Å². The molecule has 0 saturated carbocycles. The molecule has 2 N–H and O–H groups in total. The quantitative estimate of drug-likeness (QED) is 0.908. The van der Waals surface area contributed by atoms with Gasteiger partial charge in [0.05, 0.1) is 10.9 Å². The lowest BCUT2D eigenvalue weighted by Gasteiger charge is -2.22. The van der Waals surface area contributed by atoms with Gasteiger partial charge in [-0.05, 0) is 33.6 Å². The Bertz CT molecular complexity index is 451. The highest BCUT2D eigenvalue weighted by atomic mass is 79.9. The lowest BCUT2D eigenvalue weighted by atomic mass is 10.0. The molecule has 3 nitrogen and oxygen atoms in total. The van der Waals surface area contributed by atoms with Crippen LogP contribution in [0, 0.1) is 0 Å². The van der Waals surface area contributed by atoms with E-state index in [9.17, 15) is 13.2 Å². The Morgan fingerprint density at radius 2 is 1.94 bits per heavy atom. The third-order valence-corrected chi connectivity index (χ3v) is 3.09. The van der Waals surface area contributed by atoms with Crippen molar-refractivity contribution in [3.63, 3.8) is 0 Å². The van der Waals surface area contributed by atoms with Crippen molar-refractivity contribution in [2.24, 2.45) is 5.73 Å². The van der Waals surface area contributed by atoms with E-state index in [-0.39, 0.29) is 0 Å². The highest BCUT2D eigenvalue weighted by Crippen LogP contribution is 2.40. The molecule has 1 aromatic rings. The van der Waals surface area contributed by atoms with Crippen LogP contribution in [0.4, 0.5) is 13.2 Å². The first-order chi connectivity index (χ1) is 8.37. The van der Waals surface area contributed by atoms with Crippen molar-refractivity contribution in [2.75, 3.05) is 13.2 Å². The zero-order valence-corrected chi connectivity index (χ0v) is 10.8. The van der Waals surface area contributed by atoms with E-state index < -0.39 is 18.6 Å². The maximum Gasteiger partial charge on any atom is 0.390 e. The summed E-state index contributed by atoms with van der Waals surface area (Å²) in [6, 6.07) is 1.91. The van der Waals surface area contributed by atoms with Crippen molar-refractivity contribution in [1.29, 1.82) is 0 Å². The van der Waals surface area contributed by atoms with E-state index >= 15 is 0 Å². The summed E-state index contributed by atoms with van der Waals surface area (Å²) >= 11 is 3.24. The van der Waals surface area contributed by atoms with E-state index in [1.54, 1.807) is 0 Å². The number of halogens is 4. The largest absolute Gasteiger partial charge is 0.486 e. The zero-order valence-electron chi connectivity index (χ0n) is 9.26. The molecular formula is C11H11BrF3NO2. The second-order valence-corrected chi connectivity index (χ2v) is 4.81. The predicted molar refractivity (Wildman–Crippen MR) is 62.7 cm³/mol.